The van der Waals surface area contributed by atoms with Crippen molar-refractivity contribution in [3.05, 3.63) is 44.8 Å². The van der Waals surface area contributed by atoms with E-state index in [2.05, 4.69) is 9.72 Å². The minimum Gasteiger partial charge on any atom is -0.493 e. The number of pyridine rings is 1. The van der Waals surface area contributed by atoms with Crippen molar-refractivity contribution in [2.24, 2.45) is 0 Å². The molecular formula is C18H17ClN2O5. The van der Waals surface area contributed by atoms with Gasteiger partial charge in [-0.05, 0) is 37.6 Å². The molecule has 0 amide bonds. The van der Waals surface area contributed by atoms with Gasteiger partial charge in [0.05, 0.1) is 19.2 Å². The van der Waals surface area contributed by atoms with Crippen LogP contribution in [0.15, 0.2) is 23.0 Å². The lowest BCUT2D eigenvalue weighted by atomic mass is 10.0. The molecule has 0 bridgehead atoms. The maximum absolute atomic E-state index is 12.0. The molecule has 1 heterocycles. The number of halogens is 1. The Morgan fingerprint density at radius 3 is 2.58 bits per heavy atom. The van der Waals surface area contributed by atoms with Crippen molar-refractivity contribution in [3.8, 4) is 28.7 Å². The van der Waals surface area contributed by atoms with Crippen molar-refractivity contribution in [2.75, 3.05) is 14.2 Å². The lowest BCUT2D eigenvalue weighted by Gasteiger charge is -2.18. The largest absolute Gasteiger partial charge is 0.493 e. The van der Waals surface area contributed by atoms with Gasteiger partial charge in [-0.15, -0.1) is 0 Å². The number of rotatable bonds is 5. The molecule has 26 heavy (non-hydrogen) atoms. The molecule has 0 aliphatic heterocycles. The van der Waals surface area contributed by atoms with E-state index < -0.39 is 17.6 Å². The maximum atomic E-state index is 12.0. The molecule has 1 N–H and O–H groups in total. The summed E-state index contributed by atoms with van der Waals surface area (Å²) in [7, 11) is 2.67. The second-order valence-corrected chi connectivity index (χ2v) is 5.86. The number of hydrogen-bond acceptors (Lipinski definition) is 6. The van der Waals surface area contributed by atoms with Gasteiger partial charge in [-0.1, -0.05) is 11.6 Å². The molecule has 0 spiro atoms. The first kappa shape index (κ1) is 19.3. The number of nitriles is 1. The zero-order valence-corrected chi connectivity index (χ0v) is 15.4. The van der Waals surface area contributed by atoms with E-state index in [9.17, 15) is 14.9 Å². The van der Waals surface area contributed by atoms with Crippen LogP contribution in [0.2, 0.25) is 5.02 Å². The first-order chi connectivity index (χ1) is 12.3. The average molecular weight is 377 g/mol. The molecular weight excluding hydrogens is 360 g/mol. The number of aromatic nitrogens is 1. The summed E-state index contributed by atoms with van der Waals surface area (Å²) in [6.07, 6.45) is -0.895. The van der Waals surface area contributed by atoms with Crippen LogP contribution in [0.1, 0.15) is 18.2 Å². The third-order valence-corrected chi connectivity index (χ3v) is 3.93. The predicted molar refractivity (Wildman–Crippen MR) is 95.6 cm³/mol. The number of aryl methyl sites for hydroxylation is 1. The van der Waals surface area contributed by atoms with Crippen LogP contribution in [-0.4, -0.2) is 31.3 Å². The Balaban J connectivity index is 2.59. The van der Waals surface area contributed by atoms with Crippen LogP contribution in [0.25, 0.3) is 11.1 Å². The number of carbonyl (C=O) groups excluding carboxylic acids is 1. The van der Waals surface area contributed by atoms with Gasteiger partial charge in [0.2, 0.25) is 0 Å². The van der Waals surface area contributed by atoms with Gasteiger partial charge < -0.3 is 19.2 Å². The molecule has 2 rings (SSSR count). The molecule has 1 aromatic heterocycles. The normalized spacial score (nSPS) is 11.4. The van der Waals surface area contributed by atoms with E-state index in [-0.39, 0.29) is 22.1 Å². The highest BCUT2D eigenvalue weighted by atomic mass is 35.5. The predicted octanol–water partition coefficient (Wildman–Crippen LogP) is 2.82. The van der Waals surface area contributed by atoms with Crippen LogP contribution < -0.4 is 15.0 Å². The van der Waals surface area contributed by atoms with E-state index in [4.69, 9.17) is 21.1 Å². The number of methoxy groups -OCH3 is 2. The number of aromatic amines is 1. The van der Waals surface area contributed by atoms with Crippen molar-refractivity contribution in [1.82, 2.24) is 4.98 Å². The molecule has 0 saturated heterocycles. The third-order valence-electron chi connectivity index (χ3n) is 3.65. The summed E-state index contributed by atoms with van der Waals surface area (Å²) in [4.78, 5) is 26.2. The molecule has 8 heteroatoms. The Kier molecular flexibility index (Phi) is 5.90. The van der Waals surface area contributed by atoms with Gasteiger partial charge in [0, 0.05) is 11.3 Å². The van der Waals surface area contributed by atoms with Gasteiger partial charge in [0.15, 0.2) is 17.6 Å². The Bertz CT molecular complexity index is 946. The molecule has 0 aliphatic carbocycles. The highest BCUT2D eigenvalue weighted by Gasteiger charge is 2.21. The number of carbonyl (C=O) groups is 1. The smallest absolute Gasteiger partial charge is 0.346 e. The quantitative estimate of drug-likeness (QED) is 0.805. The molecule has 2 aromatic rings. The minimum absolute atomic E-state index is 0.0367. The number of H-pyrrole nitrogens is 1. The summed E-state index contributed by atoms with van der Waals surface area (Å²) in [6.45, 7) is 3.23. The van der Waals surface area contributed by atoms with Crippen LogP contribution >= 0.6 is 11.6 Å². The molecule has 0 aliphatic rings. The molecule has 7 nitrogen and oxygen atoms in total. The van der Waals surface area contributed by atoms with Crippen LogP contribution in [0.5, 0.6) is 11.5 Å². The van der Waals surface area contributed by atoms with Crippen LogP contribution in [-0.2, 0) is 9.53 Å². The van der Waals surface area contributed by atoms with E-state index in [1.807, 2.05) is 6.07 Å². The topological polar surface area (TPSA) is 101 Å². The molecule has 0 radical (unpaired) electrons. The Morgan fingerprint density at radius 2 is 2.00 bits per heavy atom. The fraction of sp³-hybridized carbons (Fsp3) is 0.278. The fourth-order valence-corrected chi connectivity index (χ4v) is 2.66. The summed E-state index contributed by atoms with van der Waals surface area (Å²) >= 11 is 6.30. The number of nitrogens with zero attached hydrogens (tertiary/aromatic N) is 1. The number of esters is 1. The standard InChI is InChI=1S/C18H17ClN2O5/c1-9-5-12(13(8-20)17(22)21-9)11-6-14(19)16(15(7-11)24-3)26-10(2)18(23)25-4/h5-7,10H,1-4H3,(H,21,22). The average Bonchev–Trinajstić information content (AvgIpc) is 2.61. The molecule has 1 aromatic carbocycles. The molecule has 1 atom stereocenters. The second-order valence-electron chi connectivity index (χ2n) is 5.45. The number of benzene rings is 1. The van der Waals surface area contributed by atoms with Crippen LogP contribution in [0, 0.1) is 18.3 Å². The van der Waals surface area contributed by atoms with E-state index in [1.165, 1.54) is 21.1 Å². The SMILES string of the molecule is COC(=O)C(C)Oc1c(Cl)cc(-c2cc(C)[nH]c(=O)c2C#N)cc1OC. The van der Waals surface area contributed by atoms with Crippen molar-refractivity contribution in [3.63, 3.8) is 0 Å². The number of nitrogens with one attached hydrogen (secondary N) is 1. The van der Waals surface area contributed by atoms with E-state index in [1.54, 1.807) is 25.1 Å². The first-order valence-corrected chi connectivity index (χ1v) is 7.96. The van der Waals surface area contributed by atoms with E-state index in [0.717, 1.165) is 0 Å². The summed E-state index contributed by atoms with van der Waals surface area (Å²) in [5.74, 6) is -0.148. The van der Waals surface area contributed by atoms with Crippen molar-refractivity contribution < 1.29 is 19.0 Å². The maximum Gasteiger partial charge on any atom is 0.346 e. The molecule has 136 valence electrons. The monoisotopic (exact) mass is 376 g/mol. The second kappa shape index (κ2) is 7.93. The summed E-state index contributed by atoms with van der Waals surface area (Å²) < 4.78 is 15.5. The first-order valence-electron chi connectivity index (χ1n) is 7.58. The van der Waals surface area contributed by atoms with Gasteiger partial charge in [0.25, 0.3) is 5.56 Å². The molecule has 0 fully saturated rings. The van der Waals surface area contributed by atoms with Crippen molar-refractivity contribution in [1.29, 1.82) is 5.26 Å². The Hall–Kier alpha value is -2.98. The summed E-state index contributed by atoms with van der Waals surface area (Å²) in [6, 6.07) is 6.69. The van der Waals surface area contributed by atoms with Gasteiger partial charge >= 0.3 is 5.97 Å². The lowest BCUT2D eigenvalue weighted by molar-refractivity contribution is -0.147. The molecule has 0 saturated carbocycles. The van der Waals surface area contributed by atoms with Gasteiger partial charge in [-0.25, -0.2) is 4.79 Å². The minimum atomic E-state index is -0.895. The van der Waals surface area contributed by atoms with Crippen LogP contribution in [0.3, 0.4) is 0 Å². The lowest BCUT2D eigenvalue weighted by Crippen LogP contribution is -2.25. The third kappa shape index (κ3) is 3.81. The summed E-state index contributed by atoms with van der Waals surface area (Å²) in [5.41, 5.74) is 0.999. The van der Waals surface area contributed by atoms with Crippen LogP contribution in [0.4, 0.5) is 0 Å². The summed E-state index contributed by atoms with van der Waals surface area (Å²) in [5, 5.41) is 9.46. The van der Waals surface area contributed by atoms with Crippen molar-refractivity contribution in [2.45, 2.75) is 20.0 Å². The molecule has 1 unspecified atom stereocenters. The van der Waals surface area contributed by atoms with Gasteiger partial charge in [-0.2, -0.15) is 5.26 Å². The van der Waals surface area contributed by atoms with Gasteiger partial charge in [0.1, 0.15) is 11.6 Å². The fourth-order valence-electron chi connectivity index (χ4n) is 2.41. The zero-order chi connectivity index (χ0) is 19.4. The highest BCUT2D eigenvalue weighted by molar-refractivity contribution is 6.32. The van der Waals surface area contributed by atoms with E-state index in [0.29, 0.717) is 16.8 Å². The Morgan fingerprint density at radius 1 is 1.31 bits per heavy atom. The Labute approximate surface area is 155 Å². The van der Waals surface area contributed by atoms with Crippen molar-refractivity contribution >= 4 is 17.6 Å². The number of ether oxygens (including phenoxy) is 3. The van der Waals surface area contributed by atoms with E-state index >= 15 is 0 Å². The zero-order valence-electron chi connectivity index (χ0n) is 14.7. The highest BCUT2D eigenvalue weighted by Crippen LogP contribution is 2.40. The number of hydrogen-bond donors (Lipinski definition) is 1. The van der Waals surface area contributed by atoms with Gasteiger partial charge in [-0.3, -0.25) is 4.79 Å².